The van der Waals surface area contributed by atoms with E-state index >= 15 is 0 Å². The number of carbonyl (C=O) groups is 1. The second-order valence-electron chi connectivity index (χ2n) is 7.43. The van der Waals surface area contributed by atoms with Crippen molar-refractivity contribution in [1.82, 2.24) is 19.5 Å². The van der Waals surface area contributed by atoms with Gasteiger partial charge in [0, 0.05) is 36.2 Å². The molecule has 1 atom stereocenters. The van der Waals surface area contributed by atoms with Gasteiger partial charge in [-0.2, -0.15) is 4.98 Å². The van der Waals surface area contributed by atoms with Crippen molar-refractivity contribution in [3.63, 3.8) is 0 Å². The van der Waals surface area contributed by atoms with Gasteiger partial charge < -0.3 is 9.84 Å². The first-order valence-corrected chi connectivity index (χ1v) is 9.45. The first kappa shape index (κ1) is 18.4. The molecule has 0 spiro atoms. The molecule has 3 heterocycles. The molecule has 1 fully saturated rings. The van der Waals surface area contributed by atoms with Gasteiger partial charge in [-0.1, -0.05) is 23.4 Å². The number of aromatic nitrogens is 4. The molecular weight excluding hydrogens is 392 g/mol. The summed E-state index contributed by atoms with van der Waals surface area (Å²) in [6, 6.07) is 10.8. The summed E-state index contributed by atoms with van der Waals surface area (Å²) in [6.07, 6.45) is 3.20. The second-order valence-corrected chi connectivity index (χ2v) is 7.43. The van der Waals surface area contributed by atoms with Crippen molar-refractivity contribution in [3.8, 4) is 11.4 Å². The number of imidazole rings is 1. The molecule has 1 unspecified atom stereocenters. The number of nitrogens with one attached hydrogen (secondary N) is 1. The number of fused-ring (bicyclic) bond motifs is 1. The molecule has 0 saturated heterocycles. The molecule has 5 rings (SSSR count). The van der Waals surface area contributed by atoms with Gasteiger partial charge in [-0.3, -0.25) is 9.20 Å². The van der Waals surface area contributed by atoms with E-state index in [1.165, 1.54) is 6.20 Å². The predicted octanol–water partition coefficient (Wildman–Crippen LogP) is 4.14. The first-order chi connectivity index (χ1) is 14.4. The van der Waals surface area contributed by atoms with Crippen LogP contribution in [0, 0.1) is 12.8 Å². The van der Waals surface area contributed by atoms with Gasteiger partial charge in [0.15, 0.2) is 0 Å². The van der Waals surface area contributed by atoms with Gasteiger partial charge in [-0.05, 0) is 30.7 Å². The molecule has 30 heavy (non-hydrogen) atoms. The smallest absolute Gasteiger partial charge is 0.274 e. The normalized spacial score (nSPS) is 17.2. The summed E-state index contributed by atoms with van der Waals surface area (Å²) < 4.78 is 33.0. The van der Waals surface area contributed by atoms with Crippen LogP contribution < -0.4 is 5.32 Å². The minimum atomic E-state index is -2.63. The van der Waals surface area contributed by atoms with Gasteiger partial charge in [0.05, 0.1) is 6.20 Å². The molecule has 0 bridgehead atoms. The average Bonchev–Trinajstić information content (AvgIpc) is 3.11. The summed E-state index contributed by atoms with van der Waals surface area (Å²) >= 11 is 0. The number of pyridine rings is 1. The largest absolute Gasteiger partial charge is 0.339 e. The van der Waals surface area contributed by atoms with Gasteiger partial charge in [-0.15, -0.1) is 0 Å². The Balaban J connectivity index is 1.37. The van der Waals surface area contributed by atoms with Gasteiger partial charge in [-0.25, -0.2) is 13.8 Å². The van der Waals surface area contributed by atoms with E-state index in [1.54, 1.807) is 22.7 Å². The molecule has 152 valence electrons. The van der Waals surface area contributed by atoms with E-state index in [0.29, 0.717) is 28.4 Å². The van der Waals surface area contributed by atoms with E-state index < -0.39 is 11.8 Å². The number of halogens is 2. The molecule has 1 N–H and O–H groups in total. The maximum Gasteiger partial charge on any atom is 0.274 e. The van der Waals surface area contributed by atoms with E-state index in [1.807, 2.05) is 31.2 Å². The van der Waals surface area contributed by atoms with Crippen LogP contribution in [0.1, 0.15) is 28.4 Å². The van der Waals surface area contributed by atoms with Crippen LogP contribution in [0.25, 0.3) is 17.0 Å². The molecule has 1 aliphatic rings. The van der Waals surface area contributed by atoms with Crippen LogP contribution in [-0.2, 0) is 6.42 Å². The van der Waals surface area contributed by atoms with E-state index in [4.69, 9.17) is 4.52 Å². The predicted molar refractivity (Wildman–Crippen MR) is 104 cm³/mol. The first-order valence-electron chi connectivity index (χ1n) is 9.45. The Morgan fingerprint density at radius 1 is 1.33 bits per heavy atom. The Hall–Kier alpha value is -3.62. The van der Waals surface area contributed by atoms with Crippen molar-refractivity contribution in [3.05, 3.63) is 65.9 Å². The molecule has 9 heteroatoms. The minimum Gasteiger partial charge on any atom is -0.339 e. The zero-order valence-corrected chi connectivity index (χ0v) is 16.0. The Bertz CT molecular complexity index is 1260. The molecule has 0 radical (unpaired) electrons. The van der Waals surface area contributed by atoms with Crippen LogP contribution in [0.5, 0.6) is 0 Å². The highest BCUT2D eigenvalue weighted by Crippen LogP contribution is 2.50. The number of rotatable bonds is 5. The Morgan fingerprint density at radius 2 is 2.17 bits per heavy atom. The van der Waals surface area contributed by atoms with Crippen LogP contribution in [0.4, 0.5) is 14.5 Å². The highest BCUT2D eigenvalue weighted by molar-refractivity contribution is 6.04. The van der Waals surface area contributed by atoms with Gasteiger partial charge in [0.25, 0.3) is 11.8 Å². The van der Waals surface area contributed by atoms with Crippen LogP contribution >= 0.6 is 0 Å². The minimum absolute atomic E-state index is 0.0593. The fourth-order valence-electron chi connectivity index (χ4n) is 3.34. The maximum atomic E-state index is 13.1. The number of benzene rings is 1. The molecule has 1 aliphatic carbocycles. The average molecular weight is 409 g/mol. The topological polar surface area (TPSA) is 85.3 Å². The molecule has 3 aromatic heterocycles. The quantitative estimate of drug-likeness (QED) is 0.535. The fraction of sp³-hybridized carbons (Fsp3) is 0.238. The number of hydrogen-bond donors (Lipinski definition) is 1. The summed E-state index contributed by atoms with van der Waals surface area (Å²) in [5, 5.41) is 6.79. The SMILES string of the molecule is Cc1ccc(-c2noc(CC3CC3(F)F)n2)cc1NC(=O)c1cnc2ccccn12. The molecule has 1 aromatic carbocycles. The van der Waals surface area contributed by atoms with Gasteiger partial charge in [0.2, 0.25) is 11.7 Å². The van der Waals surface area contributed by atoms with Gasteiger partial charge >= 0.3 is 0 Å². The number of aryl methyl sites for hydroxylation is 1. The highest BCUT2D eigenvalue weighted by Gasteiger charge is 2.57. The van der Waals surface area contributed by atoms with Crippen molar-refractivity contribution in [2.75, 3.05) is 5.32 Å². The summed E-state index contributed by atoms with van der Waals surface area (Å²) in [5.41, 5.74) is 3.13. The van der Waals surface area contributed by atoms with E-state index in [9.17, 15) is 13.6 Å². The van der Waals surface area contributed by atoms with E-state index in [0.717, 1.165) is 5.56 Å². The summed E-state index contributed by atoms with van der Waals surface area (Å²) in [6.45, 7) is 1.87. The highest BCUT2D eigenvalue weighted by atomic mass is 19.3. The molecular formula is C21H17F2N5O2. The van der Waals surface area contributed by atoms with E-state index in [2.05, 4.69) is 20.4 Å². The van der Waals surface area contributed by atoms with Crippen molar-refractivity contribution >= 4 is 17.2 Å². The number of anilines is 1. The Kier molecular flexibility index (Phi) is 4.12. The van der Waals surface area contributed by atoms with Crippen LogP contribution in [-0.4, -0.2) is 31.4 Å². The Morgan fingerprint density at radius 3 is 2.97 bits per heavy atom. The summed E-state index contributed by atoms with van der Waals surface area (Å²) in [5.74, 6) is -3.19. The summed E-state index contributed by atoms with van der Waals surface area (Å²) in [7, 11) is 0. The number of alkyl halides is 2. The van der Waals surface area contributed by atoms with Crippen LogP contribution in [0.2, 0.25) is 0 Å². The third-order valence-electron chi connectivity index (χ3n) is 5.24. The standard InChI is InChI=1S/C21H17F2N5O2/c1-12-5-6-13(19-26-18(30-27-19)9-14-10-21(14,22)23)8-15(12)25-20(29)16-11-24-17-4-2-3-7-28(16)17/h2-8,11,14H,9-10H2,1H3,(H,25,29). The van der Waals surface area contributed by atoms with Crippen LogP contribution in [0.15, 0.2) is 53.3 Å². The molecule has 4 aromatic rings. The molecule has 1 amide bonds. The third kappa shape index (κ3) is 3.32. The van der Waals surface area contributed by atoms with Crippen molar-refractivity contribution in [1.29, 1.82) is 0 Å². The van der Waals surface area contributed by atoms with Crippen LogP contribution in [0.3, 0.4) is 0 Å². The molecule has 0 aliphatic heterocycles. The molecule has 7 nitrogen and oxygen atoms in total. The molecule has 1 saturated carbocycles. The number of amides is 1. The lowest BCUT2D eigenvalue weighted by atomic mass is 10.1. The lowest BCUT2D eigenvalue weighted by Crippen LogP contribution is -2.15. The zero-order valence-electron chi connectivity index (χ0n) is 16.0. The van der Waals surface area contributed by atoms with Crippen molar-refractivity contribution in [2.45, 2.75) is 25.7 Å². The third-order valence-corrected chi connectivity index (χ3v) is 5.24. The lowest BCUT2D eigenvalue weighted by molar-refractivity contribution is 0.0969. The zero-order chi connectivity index (χ0) is 20.9. The Labute approximate surface area is 169 Å². The fourth-order valence-corrected chi connectivity index (χ4v) is 3.34. The van der Waals surface area contributed by atoms with Crippen molar-refractivity contribution in [2.24, 2.45) is 5.92 Å². The summed E-state index contributed by atoms with van der Waals surface area (Å²) in [4.78, 5) is 21.2. The van der Waals surface area contributed by atoms with Gasteiger partial charge in [0.1, 0.15) is 11.3 Å². The number of nitrogens with zero attached hydrogens (tertiary/aromatic N) is 4. The monoisotopic (exact) mass is 409 g/mol. The second kappa shape index (κ2) is 6.72. The lowest BCUT2D eigenvalue weighted by Gasteiger charge is -2.09. The maximum absolute atomic E-state index is 13.1. The number of hydrogen-bond acceptors (Lipinski definition) is 5. The van der Waals surface area contributed by atoms with Crippen molar-refractivity contribution < 1.29 is 18.1 Å². The number of carbonyl (C=O) groups excluding carboxylic acids is 1. The van der Waals surface area contributed by atoms with E-state index in [-0.39, 0.29) is 24.6 Å².